The van der Waals surface area contributed by atoms with Gasteiger partial charge in [0.25, 0.3) is 0 Å². The number of carboxylic acid groups (broad SMARTS) is 1. The molecule has 1 fully saturated rings. The molecule has 1 aliphatic rings. The van der Waals surface area contributed by atoms with Crippen molar-refractivity contribution in [3.05, 3.63) is 0 Å². The first-order valence-electron chi connectivity index (χ1n) is 8.30. The summed E-state index contributed by atoms with van der Waals surface area (Å²) in [7, 11) is 0. The minimum Gasteiger partial charge on any atom is -0.480 e. The summed E-state index contributed by atoms with van der Waals surface area (Å²) >= 11 is 0. The van der Waals surface area contributed by atoms with Crippen LogP contribution < -0.4 is 10.6 Å². The van der Waals surface area contributed by atoms with Gasteiger partial charge in [0.05, 0.1) is 0 Å². The van der Waals surface area contributed by atoms with E-state index in [1.54, 1.807) is 6.92 Å². The number of carbonyl (C=O) groups excluding carboxylic acids is 1. The first-order valence-corrected chi connectivity index (χ1v) is 8.30. The van der Waals surface area contributed by atoms with E-state index in [1.165, 1.54) is 32.1 Å². The van der Waals surface area contributed by atoms with Crippen LogP contribution in [0.5, 0.6) is 0 Å². The average molecular weight is 298 g/mol. The summed E-state index contributed by atoms with van der Waals surface area (Å²) in [6.07, 6.45) is 10.1. The lowest BCUT2D eigenvalue weighted by atomic mass is 9.96. The Labute approximate surface area is 127 Å². The normalized spacial score (nSPS) is 17.0. The molecule has 5 heteroatoms. The van der Waals surface area contributed by atoms with E-state index in [0.717, 1.165) is 25.7 Å². The highest BCUT2D eigenvalue weighted by atomic mass is 16.4. The number of urea groups is 1. The second-order valence-corrected chi connectivity index (χ2v) is 6.28. The number of aliphatic carboxylic acids is 1. The quantitative estimate of drug-likeness (QED) is 0.512. The van der Waals surface area contributed by atoms with Gasteiger partial charge >= 0.3 is 12.0 Å². The second-order valence-electron chi connectivity index (χ2n) is 6.28. The number of nitrogens with one attached hydrogen (secondary N) is 2. The highest BCUT2D eigenvalue weighted by Gasteiger charge is 2.48. The van der Waals surface area contributed by atoms with Gasteiger partial charge in [0.2, 0.25) is 0 Å². The molecule has 1 unspecified atom stereocenters. The van der Waals surface area contributed by atoms with E-state index in [9.17, 15) is 14.7 Å². The molecule has 0 aromatic heterocycles. The first kappa shape index (κ1) is 17.8. The molecular formula is C16H30N2O3. The monoisotopic (exact) mass is 298 g/mol. The summed E-state index contributed by atoms with van der Waals surface area (Å²) in [5.41, 5.74) is -1.12. The predicted octanol–water partition coefficient (Wildman–Crippen LogP) is 3.29. The van der Waals surface area contributed by atoms with Gasteiger partial charge < -0.3 is 15.7 Å². The first-order chi connectivity index (χ1) is 10.0. The molecule has 0 heterocycles. The molecule has 122 valence electrons. The fraction of sp³-hybridized carbons (Fsp3) is 0.875. The molecule has 0 aromatic rings. The number of carboxylic acids is 1. The van der Waals surface area contributed by atoms with Crippen LogP contribution in [-0.2, 0) is 4.79 Å². The fourth-order valence-electron chi connectivity index (χ4n) is 2.55. The molecule has 2 amide bonds. The Morgan fingerprint density at radius 2 is 1.67 bits per heavy atom. The lowest BCUT2D eigenvalue weighted by molar-refractivity contribution is -0.144. The van der Waals surface area contributed by atoms with Crippen LogP contribution in [0.4, 0.5) is 4.79 Å². The molecule has 5 nitrogen and oxygen atoms in total. The van der Waals surface area contributed by atoms with Crippen molar-refractivity contribution >= 4 is 12.0 Å². The van der Waals surface area contributed by atoms with Gasteiger partial charge in [-0.3, -0.25) is 0 Å². The molecular weight excluding hydrogens is 268 g/mol. The maximum absolute atomic E-state index is 11.8. The Kier molecular flexibility index (Phi) is 7.54. The summed E-state index contributed by atoms with van der Waals surface area (Å²) < 4.78 is 0. The Balaban J connectivity index is 2.09. The van der Waals surface area contributed by atoms with Crippen molar-refractivity contribution in [1.29, 1.82) is 0 Å². The Morgan fingerprint density at radius 3 is 2.19 bits per heavy atom. The smallest absolute Gasteiger partial charge is 0.329 e. The van der Waals surface area contributed by atoms with Crippen LogP contribution in [0.25, 0.3) is 0 Å². The average Bonchev–Trinajstić information content (AvgIpc) is 3.26. The van der Waals surface area contributed by atoms with Crippen LogP contribution in [0.2, 0.25) is 0 Å². The summed E-state index contributed by atoms with van der Waals surface area (Å²) in [5.74, 6) is -0.879. The molecule has 0 saturated heterocycles. The van der Waals surface area contributed by atoms with Gasteiger partial charge in [-0.05, 0) is 32.1 Å². The van der Waals surface area contributed by atoms with Gasteiger partial charge in [-0.15, -0.1) is 0 Å². The fourth-order valence-corrected chi connectivity index (χ4v) is 2.55. The van der Waals surface area contributed by atoms with E-state index in [-0.39, 0.29) is 11.9 Å². The number of rotatable bonds is 11. The molecule has 0 spiro atoms. The van der Waals surface area contributed by atoms with Crippen LogP contribution >= 0.6 is 0 Å². The van der Waals surface area contributed by atoms with Crippen molar-refractivity contribution < 1.29 is 14.7 Å². The van der Waals surface area contributed by atoms with Crippen molar-refractivity contribution in [1.82, 2.24) is 10.6 Å². The number of hydrogen-bond donors (Lipinski definition) is 3. The van der Waals surface area contributed by atoms with Crippen LogP contribution in [-0.4, -0.2) is 29.2 Å². The Morgan fingerprint density at radius 1 is 1.10 bits per heavy atom. The van der Waals surface area contributed by atoms with E-state index < -0.39 is 11.5 Å². The summed E-state index contributed by atoms with van der Waals surface area (Å²) in [5, 5.41) is 14.7. The molecule has 1 saturated carbocycles. The highest BCUT2D eigenvalue weighted by Crippen LogP contribution is 2.39. The molecule has 0 radical (unpaired) electrons. The van der Waals surface area contributed by atoms with Gasteiger partial charge in [0.15, 0.2) is 0 Å². The molecule has 1 aliphatic carbocycles. The minimum atomic E-state index is -1.12. The summed E-state index contributed by atoms with van der Waals surface area (Å²) in [6.45, 7) is 4.41. The zero-order valence-corrected chi connectivity index (χ0v) is 13.4. The van der Waals surface area contributed by atoms with Gasteiger partial charge in [-0.25, -0.2) is 9.59 Å². The third-order valence-corrected chi connectivity index (χ3v) is 4.28. The van der Waals surface area contributed by atoms with Crippen molar-refractivity contribution in [3.8, 4) is 0 Å². The SMILES string of the molecule is CCCCCCCCCNC(=O)NC(C)(C(=O)O)C1CC1. The topological polar surface area (TPSA) is 78.4 Å². The van der Waals surface area contributed by atoms with Crippen molar-refractivity contribution in [2.45, 2.75) is 77.2 Å². The van der Waals surface area contributed by atoms with Crippen LogP contribution in [0.1, 0.15) is 71.6 Å². The molecule has 0 aromatic carbocycles. The summed E-state index contributed by atoms with van der Waals surface area (Å²) in [6, 6.07) is -0.363. The van der Waals surface area contributed by atoms with E-state index in [0.29, 0.717) is 6.54 Å². The molecule has 3 N–H and O–H groups in total. The largest absolute Gasteiger partial charge is 0.480 e. The van der Waals surface area contributed by atoms with Crippen molar-refractivity contribution in [2.24, 2.45) is 5.92 Å². The van der Waals surface area contributed by atoms with Crippen LogP contribution in [0.3, 0.4) is 0 Å². The number of amides is 2. The van der Waals surface area contributed by atoms with Crippen molar-refractivity contribution in [2.75, 3.05) is 6.54 Å². The third kappa shape index (κ3) is 6.36. The summed E-state index contributed by atoms with van der Waals surface area (Å²) in [4.78, 5) is 23.1. The number of carbonyl (C=O) groups is 2. The lowest BCUT2D eigenvalue weighted by Crippen LogP contribution is -2.56. The molecule has 0 bridgehead atoms. The second kappa shape index (κ2) is 8.90. The minimum absolute atomic E-state index is 0.0688. The molecule has 0 aliphatic heterocycles. The Hall–Kier alpha value is -1.26. The Bertz CT molecular complexity index is 342. The highest BCUT2D eigenvalue weighted by molar-refractivity contribution is 5.86. The zero-order valence-electron chi connectivity index (χ0n) is 13.4. The molecule has 1 atom stereocenters. The molecule has 1 rings (SSSR count). The van der Waals surface area contributed by atoms with Crippen LogP contribution in [0, 0.1) is 5.92 Å². The molecule has 21 heavy (non-hydrogen) atoms. The van der Waals surface area contributed by atoms with Crippen molar-refractivity contribution in [3.63, 3.8) is 0 Å². The van der Waals surface area contributed by atoms with E-state index >= 15 is 0 Å². The van der Waals surface area contributed by atoms with E-state index in [1.807, 2.05) is 0 Å². The van der Waals surface area contributed by atoms with Gasteiger partial charge in [0.1, 0.15) is 5.54 Å². The van der Waals surface area contributed by atoms with E-state index in [2.05, 4.69) is 17.6 Å². The zero-order chi connectivity index (χ0) is 15.7. The van der Waals surface area contributed by atoms with Gasteiger partial charge in [-0.2, -0.15) is 0 Å². The maximum atomic E-state index is 11.8. The van der Waals surface area contributed by atoms with E-state index in [4.69, 9.17) is 0 Å². The standard InChI is InChI=1S/C16H30N2O3/c1-3-4-5-6-7-8-9-12-17-15(21)18-16(2,14(19)20)13-10-11-13/h13H,3-12H2,1-2H3,(H,19,20)(H2,17,18,21). The lowest BCUT2D eigenvalue weighted by Gasteiger charge is -2.26. The van der Waals surface area contributed by atoms with Crippen LogP contribution in [0.15, 0.2) is 0 Å². The van der Waals surface area contributed by atoms with Gasteiger partial charge in [0, 0.05) is 6.54 Å². The van der Waals surface area contributed by atoms with Gasteiger partial charge in [-0.1, -0.05) is 45.4 Å². The number of unbranched alkanes of at least 4 members (excludes halogenated alkanes) is 6. The third-order valence-electron chi connectivity index (χ3n) is 4.28. The predicted molar refractivity (Wildman–Crippen MR) is 83.3 cm³/mol. The maximum Gasteiger partial charge on any atom is 0.329 e. The number of hydrogen-bond acceptors (Lipinski definition) is 2.